The van der Waals surface area contributed by atoms with Crippen molar-refractivity contribution in [3.8, 4) is 5.75 Å². The zero-order chi connectivity index (χ0) is 16.8. The Morgan fingerprint density at radius 2 is 1.65 bits per heavy atom. The largest absolute Gasteiger partial charge is 0.488 e. The quantitative estimate of drug-likeness (QED) is 0.679. The lowest BCUT2D eigenvalue weighted by molar-refractivity contribution is 0.0677. The van der Waals surface area contributed by atoms with Crippen molar-refractivity contribution < 1.29 is 24.5 Å². The molecule has 0 aliphatic heterocycles. The number of carboxylic acids is 2. The SMILES string of the molecule is O=C(O)c1ccccc1COc1cccc(CCS)c1C(=O)O. The van der Waals surface area contributed by atoms with Crippen LogP contribution in [0.3, 0.4) is 0 Å². The zero-order valence-electron chi connectivity index (χ0n) is 12.2. The van der Waals surface area contributed by atoms with Crippen LogP contribution in [0, 0.1) is 0 Å². The number of aromatic carboxylic acids is 2. The molecule has 5 nitrogen and oxygen atoms in total. The van der Waals surface area contributed by atoms with Gasteiger partial charge in [0.25, 0.3) is 0 Å². The van der Waals surface area contributed by atoms with Crippen molar-refractivity contribution in [2.75, 3.05) is 5.75 Å². The van der Waals surface area contributed by atoms with Gasteiger partial charge in [-0.2, -0.15) is 12.6 Å². The van der Waals surface area contributed by atoms with Gasteiger partial charge in [-0.15, -0.1) is 0 Å². The molecule has 6 heteroatoms. The summed E-state index contributed by atoms with van der Waals surface area (Å²) in [6.07, 6.45) is 0.508. The van der Waals surface area contributed by atoms with Crippen LogP contribution in [0.1, 0.15) is 31.8 Å². The van der Waals surface area contributed by atoms with E-state index in [9.17, 15) is 14.7 Å². The Morgan fingerprint density at radius 3 is 2.30 bits per heavy atom. The van der Waals surface area contributed by atoms with E-state index in [0.29, 0.717) is 23.3 Å². The monoisotopic (exact) mass is 332 g/mol. The number of hydrogen-bond acceptors (Lipinski definition) is 4. The molecule has 0 saturated carbocycles. The maximum Gasteiger partial charge on any atom is 0.339 e. The highest BCUT2D eigenvalue weighted by Crippen LogP contribution is 2.25. The smallest absolute Gasteiger partial charge is 0.339 e. The minimum atomic E-state index is -1.08. The average Bonchev–Trinajstić information content (AvgIpc) is 2.53. The molecule has 0 aliphatic carbocycles. The standard InChI is InChI=1S/C17H16O5S/c18-16(19)13-6-2-1-4-12(13)10-22-14-7-3-5-11(8-9-23)15(14)17(20)21/h1-7,23H,8-10H2,(H,18,19)(H,20,21). The second-order valence-electron chi connectivity index (χ2n) is 4.82. The number of hydrogen-bond donors (Lipinski definition) is 3. The molecule has 2 rings (SSSR count). The third-order valence-electron chi connectivity index (χ3n) is 3.34. The van der Waals surface area contributed by atoms with Gasteiger partial charge in [0.2, 0.25) is 0 Å². The molecular weight excluding hydrogens is 316 g/mol. The number of aryl methyl sites for hydroxylation is 1. The summed E-state index contributed by atoms with van der Waals surface area (Å²) in [6, 6.07) is 11.5. The molecule has 23 heavy (non-hydrogen) atoms. The average molecular weight is 332 g/mol. The van der Waals surface area contributed by atoms with Crippen LogP contribution < -0.4 is 4.74 Å². The van der Waals surface area contributed by atoms with Gasteiger partial charge in [-0.3, -0.25) is 0 Å². The molecule has 0 aromatic heterocycles. The van der Waals surface area contributed by atoms with Crippen molar-refractivity contribution in [2.24, 2.45) is 0 Å². The molecule has 0 atom stereocenters. The highest BCUT2D eigenvalue weighted by Gasteiger charge is 2.17. The predicted molar refractivity (Wildman–Crippen MR) is 88.7 cm³/mol. The molecule has 0 amide bonds. The van der Waals surface area contributed by atoms with Gasteiger partial charge in [-0.1, -0.05) is 30.3 Å². The minimum absolute atomic E-state index is 0.0208. The highest BCUT2D eigenvalue weighted by molar-refractivity contribution is 7.80. The van der Waals surface area contributed by atoms with Crippen molar-refractivity contribution in [3.63, 3.8) is 0 Å². The van der Waals surface area contributed by atoms with E-state index in [2.05, 4.69) is 12.6 Å². The van der Waals surface area contributed by atoms with E-state index < -0.39 is 11.9 Å². The minimum Gasteiger partial charge on any atom is -0.488 e. The van der Waals surface area contributed by atoms with E-state index in [-0.39, 0.29) is 23.5 Å². The molecule has 0 radical (unpaired) electrons. The molecule has 2 aromatic rings. The van der Waals surface area contributed by atoms with Crippen LogP contribution in [0.5, 0.6) is 5.75 Å². The lowest BCUT2D eigenvalue weighted by Gasteiger charge is -2.13. The summed E-state index contributed by atoms with van der Waals surface area (Å²) in [5.41, 5.74) is 1.35. The fourth-order valence-electron chi connectivity index (χ4n) is 2.28. The first kappa shape index (κ1) is 16.9. The molecular formula is C17H16O5S. The van der Waals surface area contributed by atoms with E-state index in [1.54, 1.807) is 36.4 Å². The fourth-order valence-corrected chi connectivity index (χ4v) is 2.52. The van der Waals surface area contributed by atoms with Crippen LogP contribution in [0.2, 0.25) is 0 Å². The topological polar surface area (TPSA) is 83.8 Å². The number of carbonyl (C=O) groups is 2. The van der Waals surface area contributed by atoms with Crippen LogP contribution in [0.15, 0.2) is 42.5 Å². The summed E-state index contributed by atoms with van der Waals surface area (Å²) in [4.78, 5) is 22.7. The predicted octanol–water partition coefficient (Wildman–Crippen LogP) is 3.13. The van der Waals surface area contributed by atoms with Gasteiger partial charge in [0.15, 0.2) is 0 Å². The van der Waals surface area contributed by atoms with Crippen molar-refractivity contribution in [2.45, 2.75) is 13.0 Å². The molecule has 0 spiro atoms. The molecule has 0 unspecified atom stereocenters. The van der Waals surface area contributed by atoms with E-state index in [1.807, 2.05) is 0 Å². The van der Waals surface area contributed by atoms with Crippen LogP contribution in [0.4, 0.5) is 0 Å². The summed E-state index contributed by atoms with van der Waals surface area (Å²) < 4.78 is 5.59. The lowest BCUT2D eigenvalue weighted by atomic mass is 10.0. The number of benzene rings is 2. The number of ether oxygens (including phenoxy) is 1. The molecule has 0 bridgehead atoms. The Labute approximate surface area is 138 Å². The molecule has 0 fully saturated rings. The van der Waals surface area contributed by atoms with Crippen molar-refractivity contribution in [1.82, 2.24) is 0 Å². The third kappa shape index (κ3) is 4.04. The molecule has 2 aromatic carbocycles. The number of thiol groups is 1. The second kappa shape index (κ2) is 7.69. The molecule has 120 valence electrons. The van der Waals surface area contributed by atoms with Crippen LogP contribution in [-0.2, 0) is 13.0 Å². The maximum absolute atomic E-state index is 11.5. The summed E-state index contributed by atoms with van der Waals surface area (Å²) in [7, 11) is 0. The van der Waals surface area contributed by atoms with Crippen LogP contribution in [-0.4, -0.2) is 27.9 Å². The van der Waals surface area contributed by atoms with E-state index >= 15 is 0 Å². The Kier molecular flexibility index (Phi) is 5.65. The van der Waals surface area contributed by atoms with Gasteiger partial charge >= 0.3 is 11.9 Å². The molecule has 0 saturated heterocycles. The van der Waals surface area contributed by atoms with Gasteiger partial charge in [0, 0.05) is 5.56 Å². The summed E-state index contributed by atoms with van der Waals surface area (Å²) in [6.45, 7) is -0.0208. The van der Waals surface area contributed by atoms with Gasteiger partial charge in [-0.25, -0.2) is 9.59 Å². The van der Waals surface area contributed by atoms with Gasteiger partial charge < -0.3 is 14.9 Å². The fraction of sp³-hybridized carbons (Fsp3) is 0.176. The first-order valence-corrected chi connectivity index (χ1v) is 7.58. The summed E-state index contributed by atoms with van der Waals surface area (Å²) >= 11 is 4.13. The van der Waals surface area contributed by atoms with E-state index in [4.69, 9.17) is 9.84 Å². The van der Waals surface area contributed by atoms with Gasteiger partial charge in [-0.05, 0) is 29.9 Å². The normalized spacial score (nSPS) is 10.3. The molecule has 2 N–H and O–H groups in total. The highest BCUT2D eigenvalue weighted by atomic mass is 32.1. The van der Waals surface area contributed by atoms with Crippen LogP contribution in [0.25, 0.3) is 0 Å². The summed E-state index contributed by atoms with van der Waals surface area (Å²) in [5, 5.41) is 18.6. The van der Waals surface area contributed by atoms with Crippen LogP contribution >= 0.6 is 12.6 Å². The second-order valence-corrected chi connectivity index (χ2v) is 5.27. The first-order chi connectivity index (χ1) is 11.0. The van der Waals surface area contributed by atoms with Gasteiger partial charge in [0.05, 0.1) is 5.56 Å². The Bertz CT molecular complexity index is 727. The molecule has 0 aliphatic rings. The Hall–Kier alpha value is -2.47. The Balaban J connectivity index is 2.29. The molecule has 0 heterocycles. The van der Waals surface area contributed by atoms with E-state index in [0.717, 1.165) is 0 Å². The maximum atomic E-state index is 11.5. The van der Waals surface area contributed by atoms with Crippen molar-refractivity contribution in [3.05, 3.63) is 64.7 Å². The Morgan fingerprint density at radius 1 is 0.957 bits per heavy atom. The number of carboxylic acid groups (broad SMARTS) is 2. The summed E-state index contributed by atoms with van der Waals surface area (Å²) in [5.74, 6) is -1.39. The third-order valence-corrected chi connectivity index (χ3v) is 3.56. The van der Waals surface area contributed by atoms with Gasteiger partial charge in [0.1, 0.15) is 17.9 Å². The van der Waals surface area contributed by atoms with Crippen molar-refractivity contribution in [1.29, 1.82) is 0 Å². The first-order valence-electron chi connectivity index (χ1n) is 6.94. The lowest BCUT2D eigenvalue weighted by Crippen LogP contribution is -2.09. The number of rotatable bonds is 7. The van der Waals surface area contributed by atoms with E-state index in [1.165, 1.54) is 6.07 Å². The van der Waals surface area contributed by atoms with Crippen molar-refractivity contribution >= 4 is 24.6 Å². The zero-order valence-corrected chi connectivity index (χ0v) is 13.1.